The third-order valence-electron chi connectivity index (χ3n) is 7.04. The second-order valence-electron chi connectivity index (χ2n) is 9.60. The Kier molecular flexibility index (Phi) is 8.11. The van der Waals surface area contributed by atoms with Crippen molar-refractivity contribution in [3.8, 4) is 11.5 Å². The molecule has 10 heteroatoms. The Morgan fingerprint density at radius 1 is 0.878 bits per heavy atom. The van der Waals surface area contributed by atoms with E-state index < -0.39 is 10.0 Å². The summed E-state index contributed by atoms with van der Waals surface area (Å²) in [5.74, 6) is 0.640. The van der Waals surface area contributed by atoms with Crippen LogP contribution >= 0.6 is 0 Å². The van der Waals surface area contributed by atoms with E-state index in [2.05, 4.69) is 10.6 Å². The van der Waals surface area contributed by atoms with Gasteiger partial charge in [0.25, 0.3) is 15.9 Å². The van der Waals surface area contributed by atoms with Crippen molar-refractivity contribution in [3.63, 3.8) is 0 Å². The van der Waals surface area contributed by atoms with E-state index in [9.17, 15) is 18.0 Å². The van der Waals surface area contributed by atoms with E-state index in [1.807, 2.05) is 36.4 Å². The second kappa shape index (κ2) is 11.9. The molecule has 41 heavy (non-hydrogen) atoms. The van der Waals surface area contributed by atoms with Gasteiger partial charge in [-0.3, -0.25) is 13.9 Å². The van der Waals surface area contributed by atoms with Gasteiger partial charge in [0.1, 0.15) is 0 Å². The van der Waals surface area contributed by atoms with Crippen LogP contribution in [0.25, 0.3) is 10.8 Å². The first-order valence-electron chi connectivity index (χ1n) is 13.3. The lowest BCUT2D eigenvalue weighted by atomic mass is 10.1. The first-order valence-corrected chi connectivity index (χ1v) is 14.7. The van der Waals surface area contributed by atoms with Crippen LogP contribution in [-0.4, -0.2) is 47.5 Å². The van der Waals surface area contributed by atoms with Crippen LogP contribution in [0.3, 0.4) is 0 Å². The number of ether oxygens (including phenoxy) is 2. The number of carbonyl (C=O) groups is 2. The summed E-state index contributed by atoms with van der Waals surface area (Å²) in [5, 5.41) is 7.29. The Bertz CT molecular complexity index is 1720. The Morgan fingerprint density at radius 2 is 1.63 bits per heavy atom. The predicted molar refractivity (Wildman–Crippen MR) is 158 cm³/mol. The van der Waals surface area contributed by atoms with Crippen LogP contribution in [0.1, 0.15) is 28.8 Å². The standard InChI is InChI=1S/C31H31N3O6S/c1-39-26-16-15-21(20-27(26)40-2)17-18-32-31(36)23-10-3-4-11-24(23)33-29(35)14-7-19-34-25-12-5-8-22-9-6-13-28(30(22)25)41(34,37)38/h3-6,8-13,15-16,20H,7,14,17-19H2,1-2H3,(H,32,36)(H,33,35). The molecule has 0 fully saturated rings. The zero-order valence-electron chi connectivity index (χ0n) is 22.8. The molecule has 0 aliphatic carbocycles. The van der Waals surface area contributed by atoms with Crippen molar-refractivity contribution in [3.05, 3.63) is 90.0 Å². The Labute approximate surface area is 239 Å². The number of amides is 2. The van der Waals surface area contributed by atoms with Crippen LogP contribution in [0.5, 0.6) is 11.5 Å². The van der Waals surface area contributed by atoms with Crippen molar-refractivity contribution < 1.29 is 27.5 Å². The molecule has 212 valence electrons. The van der Waals surface area contributed by atoms with E-state index in [0.29, 0.717) is 58.1 Å². The van der Waals surface area contributed by atoms with E-state index >= 15 is 0 Å². The molecule has 1 heterocycles. The van der Waals surface area contributed by atoms with Gasteiger partial charge in [0.2, 0.25) is 5.91 Å². The highest BCUT2D eigenvalue weighted by Gasteiger charge is 2.35. The third kappa shape index (κ3) is 5.69. The minimum absolute atomic E-state index is 0.0909. The van der Waals surface area contributed by atoms with Crippen LogP contribution in [0.15, 0.2) is 83.8 Å². The van der Waals surface area contributed by atoms with Gasteiger partial charge in [-0.05, 0) is 60.2 Å². The molecular formula is C31H31N3O6S. The summed E-state index contributed by atoms with van der Waals surface area (Å²) >= 11 is 0. The molecule has 0 atom stereocenters. The van der Waals surface area contributed by atoms with Gasteiger partial charge < -0.3 is 20.1 Å². The summed E-state index contributed by atoms with van der Waals surface area (Å²) in [6.45, 7) is 0.553. The summed E-state index contributed by atoms with van der Waals surface area (Å²) < 4.78 is 38.3. The summed E-state index contributed by atoms with van der Waals surface area (Å²) in [6.07, 6.45) is 0.986. The third-order valence-corrected chi connectivity index (χ3v) is 8.89. The molecule has 0 aromatic heterocycles. The molecule has 0 saturated carbocycles. The van der Waals surface area contributed by atoms with Crippen LogP contribution in [-0.2, 0) is 21.2 Å². The maximum Gasteiger partial charge on any atom is 0.265 e. The van der Waals surface area contributed by atoms with Crippen molar-refractivity contribution in [2.24, 2.45) is 0 Å². The number of nitrogens with zero attached hydrogens (tertiary/aromatic N) is 1. The number of sulfonamides is 1. The molecule has 9 nitrogen and oxygen atoms in total. The molecule has 0 spiro atoms. The van der Waals surface area contributed by atoms with Crippen LogP contribution in [0.4, 0.5) is 11.4 Å². The van der Waals surface area contributed by atoms with Crippen molar-refractivity contribution in [1.82, 2.24) is 5.32 Å². The average molecular weight is 574 g/mol. The van der Waals surface area contributed by atoms with Crippen LogP contribution in [0, 0.1) is 0 Å². The lowest BCUT2D eigenvalue weighted by Crippen LogP contribution is -2.29. The number of rotatable bonds is 11. The number of hydrogen-bond donors (Lipinski definition) is 2. The van der Waals surface area contributed by atoms with E-state index in [0.717, 1.165) is 10.9 Å². The van der Waals surface area contributed by atoms with E-state index in [4.69, 9.17) is 9.47 Å². The molecule has 0 radical (unpaired) electrons. The summed E-state index contributed by atoms with van der Waals surface area (Å²) in [5.41, 5.74) is 2.35. The second-order valence-corrected chi connectivity index (χ2v) is 11.4. The van der Waals surface area contributed by atoms with Crippen molar-refractivity contribution in [1.29, 1.82) is 0 Å². The Balaban J connectivity index is 1.16. The zero-order chi connectivity index (χ0) is 29.0. The summed E-state index contributed by atoms with van der Waals surface area (Å²) in [7, 11) is -0.528. The number of methoxy groups -OCH3 is 2. The Morgan fingerprint density at radius 3 is 2.41 bits per heavy atom. The van der Waals surface area contributed by atoms with Crippen molar-refractivity contribution >= 4 is 44.0 Å². The largest absolute Gasteiger partial charge is 0.493 e. The lowest BCUT2D eigenvalue weighted by molar-refractivity contribution is -0.116. The maximum atomic E-state index is 13.2. The Hall–Kier alpha value is -4.57. The minimum atomic E-state index is -3.67. The monoisotopic (exact) mass is 573 g/mol. The lowest BCUT2D eigenvalue weighted by Gasteiger charge is -2.18. The number of carbonyl (C=O) groups excluding carboxylic acids is 2. The SMILES string of the molecule is COc1ccc(CCNC(=O)c2ccccc2NC(=O)CCCN2c3cccc4cccc(c34)S2(=O)=O)cc1OC. The van der Waals surface area contributed by atoms with Crippen molar-refractivity contribution in [2.45, 2.75) is 24.2 Å². The highest BCUT2D eigenvalue weighted by atomic mass is 32.2. The molecule has 2 amide bonds. The quantitative estimate of drug-likeness (QED) is 0.268. The van der Waals surface area contributed by atoms with E-state index in [1.54, 1.807) is 56.7 Å². The molecule has 0 bridgehead atoms. The molecule has 0 unspecified atom stereocenters. The van der Waals surface area contributed by atoms with Crippen LogP contribution < -0.4 is 24.4 Å². The topological polar surface area (TPSA) is 114 Å². The minimum Gasteiger partial charge on any atom is -0.493 e. The highest BCUT2D eigenvalue weighted by molar-refractivity contribution is 7.93. The van der Waals surface area contributed by atoms with Gasteiger partial charge in [0.05, 0.1) is 36.1 Å². The first kappa shape index (κ1) is 28.0. The molecular weight excluding hydrogens is 542 g/mol. The molecule has 4 aromatic rings. The molecule has 5 rings (SSSR count). The summed E-state index contributed by atoms with van der Waals surface area (Å²) in [4.78, 5) is 26.0. The summed E-state index contributed by atoms with van der Waals surface area (Å²) in [6, 6.07) is 23.1. The van der Waals surface area contributed by atoms with Gasteiger partial charge in [0.15, 0.2) is 11.5 Å². The smallest absolute Gasteiger partial charge is 0.265 e. The van der Waals surface area contributed by atoms with E-state index in [-0.39, 0.29) is 24.8 Å². The number of para-hydroxylation sites is 1. The van der Waals surface area contributed by atoms with Gasteiger partial charge in [-0.25, -0.2) is 8.42 Å². The molecule has 1 aliphatic rings. The zero-order valence-corrected chi connectivity index (χ0v) is 23.7. The van der Waals surface area contributed by atoms with Gasteiger partial charge in [-0.15, -0.1) is 0 Å². The van der Waals surface area contributed by atoms with Crippen molar-refractivity contribution in [2.75, 3.05) is 36.9 Å². The van der Waals surface area contributed by atoms with Crippen LogP contribution in [0.2, 0.25) is 0 Å². The molecule has 0 saturated heterocycles. The fourth-order valence-corrected chi connectivity index (χ4v) is 6.79. The normalized spacial score (nSPS) is 13.2. The maximum absolute atomic E-state index is 13.2. The predicted octanol–water partition coefficient (Wildman–Crippen LogP) is 4.76. The molecule has 1 aliphatic heterocycles. The number of nitrogens with one attached hydrogen (secondary N) is 2. The van der Waals surface area contributed by atoms with Gasteiger partial charge in [-0.1, -0.05) is 42.5 Å². The fourth-order valence-electron chi connectivity index (χ4n) is 5.04. The number of benzene rings is 4. The van der Waals surface area contributed by atoms with Gasteiger partial charge >= 0.3 is 0 Å². The average Bonchev–Trinajstić information content (AvgIpc) is 3.20. The van der Waals surface area contributed by atoms with E-state index in [1.165, 1.54) is 4.31 Å². The number of hydrogen-bond acceptors (Lipinski definition) is 6. The highest BCUT2D eigenvalue weighted by Crippen LogP contribution is 2.42. The van der Waals surface area contributed by atoms with Gasteiger partial charge in [0, 0.05) is 24.9 Å². The fraction of sp³-hybridized carbons (Fsp3) is 0.226. The molecule has 4 aromatic carbocycles. The first-order chi connectivity index (χ1) is 19.8. The van der Waals surface area contributed by atoms with Gasteiger partial charge in [-0.2, -0.15) is 0 Å². The molecule has 2 N–H and O–H groups in total. The number of anilines is 2.